The summed E-state index contributed by atoms with van der Waals surface area (Å²) in [5.41, 5.74) is 6.53. The number of thioether (sulfide) groups is 1. The van der Waals surface area contributed by atoms with Crippen molar-refractivity contribution >= 4 is 29.4 Å². The first-order valence-corrected chi connectivity index (χ1v) is 8.39. The maximum Gasteiger partial charge on any atom is 0.141 e. The van der Waals surface area contributed by atoms with Crippen LogP contribution >= 0.6 is 23.7 Å². The first kappa shape index (κ1) is 14.2. The van der Waals surface area contributed by atoms with Crippen LogP contribution < -0.4 is 9.84 Å². The van der Waals surface area contributed by atoms with Gasteiger partial charge < -0.3 is 5.11 Å². The lowest BCUT2D eigenvalue weighted by Gasteiger charge is -2.17. The summed E-state index contributed by atoms with van der Waals surface area (Å²) in [4.78, 5) is 0. The van der Waals surface area contributed by atoms with Crippen LogP contribution in [0.1, 0.15) is 11.1 Å². The maximum absolute atomic E-state index is 9.87. The van der Waals surface area contributed by atoms with Crippen molar-refractivity contribution in [2.24, 2.45) is 0 Å². The molecule has 0 saturated carbocycles. The molecule has 0 amide bonds. The maximum atomic E-state index is 9.87. The van der Waals surface area contributed by atoms with Crippen LogP contribution in [-0.4, -0.2) is 5.11 Å². The fraction of sp³-hybridized carbons (Fsp3) is 0.125. The first-order chi connectivity index (χ1) is 10.2. The lowest BCUT2D eigenvalue weighted by atomic mass is 10.2. The Morgan fingerprint density at radius 3 is 2.67 bits per heavy atom. The molecular weight excluding hydrogens is 300 g/mol. The number of phenolic OH excluding ortho intramolecular Hbond substituents is 1. The molecule has 108 valence electrons. The smallest absolute Gasteiger partial charge is 0.141 e. The van der Waals surface area contributed by atoms with Gasteiger partial charge in [0.05, 0.1) is 4.24 Å². The zero-order valence-corrected chi connectivity index (χ0v) is 13.2. The van der Waals surface area contributed by atoms with E-state index in [2.05, 4.69) is 36.6 Å². The number of rotatable bonds is 4. The predicted octanol–water partition coefficient (Wildman–Crippen LogP) is 4.41. The van der Waals surface area contributed by atoms with Crippen molar-refractivity contribution in [3.63, 3.8) is 0 Å². The average Bonchev–Trinajstić information content (AvgIpc) is 2.96. The van der Waals surface area contributed by atoms with E-state index < -0.39 is 0 Å². The number of para-hydroxylation sites is 2. The summed E-state index contributed by atoms with van der Waals surface area (Å²) in [6.07, 6.45) is 1.97. The second-order valence-corrected chi connectivity index (χ2v) is 7.00. The molecule has 0 fully saturated rings. The second kappa shape index (κ2) is 6.37. The van der Waals surface area contributed by atoms with Crippen LogP contribution in [0.25, 0.3) is 0 Å². The number of hydrazine groups is 1. The standard InChI is InChI=1S/C16H16N2OS2/c1-12-6-8-13(9-7-12)11-20-16-10-17-18(21-16)14-4-2-3-5-15(14)19/h2-10,17,19H,11H2,1H3. The van der Waals surface area contributed by atoms with Crippen LogP contribution in [0, 0.1) is 6.92 Å². The van der Waals surface area contributed by atoms with Crippen molar-refractivity contribution in [2.45, 2.75) is 12.7 Å². The van der Waals surface area contributed by atoms with Crippen molar-refractivity contribution < 1.29 is 5.11 Å². The topological polar surface area (TPSA) is 35.5 Å². The van der Waals surface area contributed by atoms with E-state index >= 15 is 0 Å². The number of nitrogens with one attached hydrogen (secondary N) is 1. The zero-order valence-electron chi connectivity index (χ0n) is 11.6. The van der Waals surface area contributed by atoms with Crippen LogP contribution in [0.15, 0.2) is 59.0 Å². The van der Waals surface area contributed by atoms with Gasteiger partial charge in [-0.25, -0.2) is 4.41 Å². The molecule has 1 heterocycles. The number of anilines is 1. The highest BCUT2D eigenvalue weighted by atomic mass is 32.2. The second-order valence-electron chi connectivity index (χ2n) is 4.74. The molecule has 21 heavy (non-hydrogen) atoms. The van der Waals surface area contributed by atoms with E-state index in [4.69, 9.17) is 0 Å². The van der Waals surface area contributed by atoms with Gasteiger partial charge in [0.2, 0.25) is 0 Å². The number of aryl methyl sites for hydroxylation is 1. The fourth-order valence-corrected chi connectivity index (χ4v) is 3.81. The highest BCUT2D eigenvalue weighted by molar-refractivity contribution is 8.22. The van der Waals surface area contributed by atoms with Crippen molar-refractivity contribution in [3.05, 3.63) is 70.1 Å². The highest BCUT2D eigenvalue weighted by Gasteiger charge is 2.18. The molecule has 5 heteroatoms. The van der Waals surface area contributed by atoms with Crippen molar-refractivity contribution in [3.8, 4) is 5.75 Å². The van der Waals surface area contributed by atoms with Gasteiger partial charge in [0.1, 0.15) is 11.4 Å². The molecule has 1 aliphatic rings. The molecule has 0 aromatic heterocycles. The Morgan fingerprint density at radius 1 is 1.14 bits per heavy atom. The van der Waals surface area contributed by atoms with Gasteiger partial charge in [0.25, 0.3) is 0 Å². The Balaban J connectivity index is 1.57. The Kier molecular flexibility index (Phi) is 4.31. The third-order valence-corrected chi connectivity index (χ3v) is 5.32. The summed E-state index contributed by atoms with van der Waals surface area (Å²) in [6.45, 7) is 2.10. The van der Waals surface area contributed by atoms with Crippen LogP contribution in [0.2, 0.25) is 0 Å². The molecule has 0 bridgehead atoms. The minimum absolute atomic E-state index is 0.274. The fourth-order valence-electron chi connectivity index (χ4n) is 1.92. The molecule has 2 aromatic rings. The van der Waals surface area contributed by atoms with Gasteiger partial charge in [-0.2, -0.15) is 0 Å². The van der Waals surface area contributed by atoms with Crippen LogP contribution in [-0.2, 0) is 5.75 Å². The number of aromatic hydroxyl groups is 1. The molecule has 1 aliphatic heterocycles. The molecule has 0 aliphatic carbocycles. The Labute approximate surface area is 133 Å². The third kappa shape index (κ3) is 3.49. The zero-order chi connectivity index (χ0) is 14.7. The van der Waals surface area contributed by atoms with Crippen LogP contribution in [0.3, 0.4) is 0 Å². The monoisotopic (exact) mass is 316 g/mol. The highest BCUT2D eigenvalue weighted by Crippen LogP contribution is 2.41. The summed E-state index contributed by atoms with van der Waals surface area (Å²) in [5, 5.41) is 9.87. The molecule has 0 radical (unpaired) electrons. The summed E-state index contributed by atoms with van der Waals surface area (Å²) >= 11 is 3.37. The minimum atomic E-state index is 0.274. The molecule has 0 unspecified atom stereocenters. The van der Waals surface area contributed by atoms with Gasteiger partial charge >= 0.3 is 0 Å². The lowest BCUT2D eigenvalue weighted by molar-refractivity contribution is 0.475. The van der Waals surface area contributed by atoms with E-state index in [1.807, 2.05) is 28.8 Å². The van der Waals surface area contributed by atoms with Crippen molar-refractivity contribution in [1.82, 2.24) is 5.43 Å². The number of benzene rings is 2. The van der Waals surface area contributed by atoms with Gasteiger partial charge in [0, 0.05) is 23.9 Å². The summed E-state index contributed by atoms with van der Waals surface area (Å²) in [6, 6.07) is 15.9. The third-order valence-electron chi connectivity index (χ3n) is 3.08. The van der Waals surface area contributed by atoms with Gasteiger partial charge in [-0.3, -0.25) is 5.43 Å². The van der Waals surface area contributed by atoms with E-state index in [1.54, 1.807) is 29.8 Å². The quantitative estimate of drug-likeness (QED) is 0.817. The largest absolute Gasteiger partial charge is 0.506 e. The SMILES string of the molecule is Cc1ccc(CSC2=CNN(c3ccccc3O)S2)cc1. The van der Waals surface area contributed by atoms with E-state index in [1.165, 1.54) is 15.4 Å². The van der Waals surface area contributed by atoms with Gasteiger partial charge in [-0.15, -0.1) is 11.8 Å². The molecule has 0 spiro atoms. The number of nitrogens with zero attached hydrogens (tertiary/aromatic N) is 1. The van der Waals surface area contributed by atoms with Gasteiger partial charge in [-0.1, -0.05) is 42.0 Å². The normalized spacial score (nSPS) is 14.0. The first-order valence-electron chi connectivity index (χ1n) is 6.63. The van der Waals surface area contributed by atoms with Crippen molar-refractivity contribution in [2.75, 3.05) is 4.41 Å². The van der Waals surface area contributed by atoms with Gasteiger partial charge in [-0.05, 0) is 24.6 Å². The summed E-state index contributed by atoms with van der Waals surface area (Å²) in [7, 11) is 0. The lowest BCUT2D eigenvalue weighted by Crippen LogP contribution is -2.22. The molecule has 3 nitrogen and oxygen atoms in total. The molecule has 2 N–H and O–H groups in total. The molecule has 3 rings (SSSR count). The van der Waals surface area contributed by atoms with Crippen LogP contribution in [0.4, 0.5) is 5.69 Å². The molecule has 2 aromatic carbocycles. The minimum Gasteiger partial charge on any atom is -0.506 e. The summed E-state index contributed by atoms with van der Waals surface area (Å²) < 4.78 is 3.05. The Hall–Kier alpha value is -1.72. The van der Waals surface area contributed by atoms with Crippen LogP contribution in [0.5, 0.6) is 5.75 Å². The molecule has 0 saturated heterocycles. The number of phenols is 1. The summed E-state index contributed by atoms with van der Waals surface area (Å²) in [5.74, 6) is 1.21. The average molecular weight is 316 g/mol. The Morgan fingerprint density at radius 2 is 1.90 bits per heavy atom. The van der Waals surface area contributed by atoms with E-state index in [9.17, 15) is 5.11 Å². The van der Waals surface area contributed by atoms with E-state index in [0.29, 0.717) is 0 Å². The Bertz CT molecular complexity index is 656. The van der Waals surface area contributed by atoms with Gasteiger partial charge in [0.15, 0.2) is 0 Å². The van der Waals surface area contributed by atoms with E-state index in [-0.39, 0.29) is 5.75 Å². The van der Waals surface area contributed by atoms with Crippen molar-refractivity contribution in [1.29, 1.82) is 0 Å². The predicted molar refractivity (Wildman–Crippen MR) is 91.9 cm³/mol. The number of hydrogen-bond donors (Lipinski definition) is 2. The number of hydrogen-bond acceptors (Lipinski definition) is 5. The molecule has 0 atom stereocenters. The molecular formula is C16H16N2OS2. The van der Waals surface area contributed by atoms with E-state index in [0.717, 1.165) is 11.4 Å².